The van der Waals surface area contributed by atoms with Crippen LogP contribution < -0.4 is 20.1 Å². The molecule has 1 amide bonds. The van der Waals surface area contributed by atoms with E-state index in [4.69, 9.17) is 14.2 Å². The molecule has 0 aliphatic heterocycles. The Hall–Kier alpha value is -4.27. The largest absolute Gasteiger partial charge is 0.493 e. The molecule has 2 aromatic heterocycles. The van der Waals surface area contributed by atoms with Gasteiger partial charge in [0.2, 0.25) is 0 Å². The standard InChI is InChI=1S/C30H37N5O4/c1-20(2)18-38-23-8-7-9-24(17-23)39-26-11-10-22(16-21(26)3)33-28-27-25(31-19-32-28)12-13-35(27)14-15-37-29(36)34-30(4,5)6/h7-13,16-17,19-20H,14-15,18H2,1-6H3,(H,34,36)(H,31,32,33). The van der Waals surface area contributed by atoms with Crippen LogP contribution >= 0.6 is 0 Å². The summed E-state index contributed by atoms with van der Waals surface area (Å²) in [7, 11) is 0. The lowest BCUT2D eigenvalue weighted by molar-refractivity contribution is 0.134. The zero-order valence-corrected chi connectivity index (χ0v) is 23.4. The quantitative estimate of drug-likeness (QED) is 0.231. The van der Waals surface area contributed by atoms with Crippen LogP contribution in [0, 0.1) is 12.8 Å². The molecular formula is C30H37N5O4. The summed E-state index contributed by atoms with van der Waals surface area (Å²) in [5.41, 5.74) is 3.10. The van der Waals surface area contributed by atoms with Gasteiger partial charge in [0.05, 0.1) is 18.7 Å². The van der Waals surface area contributed by atoms with E-state index >= 15 is 0 Å². The highest BCUT2D eigenvalue weighted by atomic mass is 16.5. The van der Waals surface area contributed by atoms with E-state index in [9.17, 15) is 4.79 Å². The van der Waals surface area contributed by atoms with Crippen molar-refractivity contribution in [2.75, 3.05) is 18.5 Å². The predicted octanol–water partition coefficient (Wildman–Crippen LogP) is 6.84. The number of nitrogens with zero attached hydrogens (tertiary/aromatic N) is 3. The van der Waals surface area contributed by atoms with Crippen molar-refractivity contribution in [3.63, 3.8) is 0 Å². The number of benzene rings is 2. The summed E-state index contributed by atoms with van der Waals surface area (Å²) in [4.78, 5) is 20.9. The number of carbonyl (C=O) groups excluding carboxylic acids is 1. The maximum absolute atomic E-state index is 12.0. The number of hydrogen-bond donors (Lipinski definition) is 2. The highest BCUT2D eigenvalue weighted by Crippen LogP contribution is 2.31. The zero-order chi connectivity index (χ0) is 28.0. The molecule has 0 unspecified atom stereocenters. The molecule has 39 heavy (non-hydrogen) atoms. The van der Waals surface area contributed by atoms with Crippen molar-refractivity contribution in [1.29, 1.82) is 0 Å². The smallest absolute Gasteiger partial charge is 0.407 e. The van der Waals surface area contributed by atoms with E-state index in [0.717, 1.165) is 33.8 Å². The molecule has 4 rings (SSSR count). The number of alkyl carbamates (subject to hydrolysis) is 1. The van der Waals surface area contributed by atoms with Gasteiger partial charge >= 0.3 is 6.09 Å². The van der Waals surface area contributed by atoms with Gasteiger partial charge in [0.15, 0.2) is 5.82 Å². The zero-order valence-electron chi connectivity index (χ0n) is 23.4. The van der Waals surface area contributed by atoms with Crippen molar-refractivity contribution >= 4 is 28.6 Å². The van der Waals surface area contributed by atoms with E-state index in [1.54, 1.807) is 0 Å². The number of rotatable bonds is 10. The lowest BCUT2D eigenvalue weighted by Gasteiger charge is -2.20. The SMILES string of the molecule is Cc1cc(Nc2ncnc3ccn(CCOC(=O)NC(C)(C)C)c23)ccc1Oc1cccc(OCC(C)C)c1. The van der Waals surface area contributed by atoms with Gasteiger partial charge < -0.3 is 29.4 Å². The number of ether oxygens (including phenoxy) is 3. The summed E-state index contributed by atoms with van der Waals surface area (Å²) in [6, 6.07) is 15.5. The summed E-state index contributed by atoms with van der Waals surface area (Å²) >= 11 is 0. The lowest BCUT2D eigenvalue weighted by atomic mass is 10.1. The third kappa shape index (κ3) is 7.86. The molecule has 0 saturated heterocycles. The number of nitrogens with one attached hydrogen (secondary N) is 2. The van der Waals surface area contributed by atoms with Crippen molar-refractivity contribution in [2.24, 2.45) is 5.92 Å². The van der Waals surface area contributed by atoms with Crippen molar-refractivity contribution in [1.82, 2.24) is 19.9 Å². The Kier molecular flexibility index (Phi) is 8.59. The van der Waals surface area contributed by atoms with E-state index < -0.39 is 6.09 Å². The van der Waals surface area contributed by atoms with Crippen molar-refractivity contribution in [3.8, 4) is 17.2 Å². The molecule has 206 valence electrons. The first-order valence-corrected chi connectivity index (χ1v) is 13.1. The molecule has 2 N–H and O–H groups in total. The second kappa shape index (κ2) is 12.1. The molecule has 0 aliphatic carbocycles. The van der Waals surface area contributed by atoms with Gasteiger partial charge in [-0.2, -0.15) is 0 Å². The number of anilines is 2. The number of amides is 1. The van der Waals surface area contributed by atoms with Gasteiger partial charge in [0.25, 0.3) is 0 Å². The minimum absolute atomic E-state index is 0.217. The molecule has 0 aliphatic rings. The van der Waals surface area contributed by atoms with Gasteiger partial charge in [-0.05, 0) is 75.6 Å². The van der Waals surface area contributed by atoms with Crippen molar-refractivity contribution < 1.29 is 19.0 Å². The van der Waals surface area contributed by atoms with Crippen LogP contribution in [-0.4, -0.2) is 39.4 Å². The fourth-order valence-electron chi connectivity index (χ4n) is 3.89. The minimum atomic E-state index is -0.443. The fraction of sp³-hybridized carbons (Fsp3) is 0.367. The molecule has 0 spiro atoms. The average molecular weight is 532 g/mol. The van der Waals surface area contributed by atoms with E-state index in [1.165, 1.54) is 6.33 Å². The Balaban J connectivity index is 1.44. The second-order valence-electron chi connectivity index (χ2n) is 10.9. The van der Waals surface area contributed by atoms with E-state index in [-0.39, 0.29) is 12.1 Å². The third-order valence-electron chi connectivity index (χ3n) is 5.65. The maximum atomic E-state index is 12.0. The Morgan fingerprint density at radius 2 is 1.85 bits per heavy atom. The number of carbonyl (C=O) groups is 1. The molecule has 0 radical (unpaired) electrons. The second-order valence-corrected chi connectivity index (χ2v) is 10.9. The first-order valence-electron chi connectivity index (χ1n) is 13.1. The number of hydrogen-bond acceptors (Lipinski definition) is 7. The summed E-state index contributed by atoms with van der Waals surface area (Å²) in [5.74, 6) is 3.36. The molecule has 9 nitrogen and oxygen atoms in total. The van der Waals surface area contributed by atoms with Crippen LogP contribution in [0.5, 0.6) is 17.2 Å². The Labute approximate surface area is 229 Å². The Morgan fingerprint density at radius 1 is 1.05 bits per heavy atom. The first kappa shape index (κ1) is 27.8. The van der Waals surface area contributed by atoms with Crippen LogP contribution in [0.15, 0.2) is 61.1 Å². The van der Waals surface area contributed by atoms with E-state index in [0.29, 0.717) is 30.6 Å². The number of fused-ring (bicyclic) bond motifs is 1. The van der Waals surface area contributed by atoms with E-state index in [1.807, 2.05) is 87.0 Å². The number of aryl methyl sites for hydroxylation is 1. The van der Waals surface area contributed by atoms with Crippen LogP contribution in [-0.2, 0) is 11.3 Å². The van der Waals surface area contributed by atoms with Gasteiger partial charge in [-0.15, -0.1) is 0 Å². The summed E-state index contributed by atoms with van der Waals surface area (Å²) in [6.45, 7) is 13.3. The molecule has 2 aromatic carbocycles. The molecule has 4 aromatic rings. The predicted molar refractivity (Wildman–Crippen MR) is 153 cm³/mol. The topological polar surface area (TPSA) is 99.5 Å². The summed E-state index contributed by atoms with van der Waals surface area (Å²) < 4.78 is 19.3. The fourth-order valence-corrected chi connectivity index (χ4v) is 3.89. The molecule has 0 bridgehead atoms. The van der Waals surface area contributed by atoms with Gasteiger partial charge in [-0.3, -0.25) is 0 Å². The van der Waals surface area contributed by atoms with Crippen LogP contribution in [0.25, 0.3) is 11.0 Å². The Morgan fingerprint density at radius 3 is 2.59 bits per heavy atom. The molecule has 2 heterocycles. The van der Waals surface area contributed by atoms with Crippen LogP contribution in [0.2, 0.25) is 0 Å². The minimum Gasteiger partial charge on any atom is -0.493 e. The highest BCUT2D eigenvalue weighted by molar-refractivity contribution is 5.88. The third-order valence-corrected chi connectivity index (χ3v) is 5.65. The normalized spacial score (nSPS) is 11.5. The number of aromatic nitrogens is 3. The molecule has 0 fully saturated rings. The van der Waals surface area contributed by atoms with Gasteiger partial charge in [0, 0.05) is 23.5 Å². The van der Waals surface area contributed by atoms with Gasteiger partial charge in [-0.25, -0.2) is 14.8 Å². The molecular weight excluding hydrogens is 494 g/mol. The summed E-state index contributed by atoms with van der Waals surface area (Å²) in [5, 5.41) is 6.20. The van der Waals surface area contributed by atoms with Crippen LogP contribution in [0.4, 0.5) is 16.3 Å². The van der Waals surface area contributed by atoms with E-state index in [2.05, 4.69) is 34.4 Å². The van der Waals surface area contributed by atoms with Gasteiger partial charge in [0.1, 0.15) is 35.7 Å². The Bertz CT molecular complexity index is 1420. The average Bonchev–Trinajstić information content (AvgIpc) is 3.28. The molecule has 0 atom stereocenters. The van der Waals surface area contributed by atoms with Crippen LogP contribution in [0.3, 0.4) is 0 Å². The maximum Gasteiger partial charge on any atom is 0.407 e. The van der Waals surface area contributed by atoms with Crippen molar-refractivity contribution in [3.05, 3.63) is 66.6 Å². The van der Waals surface area contributed by atoms with Crippen molar-refractivity contribution in [2.45, 2.75) is 53.6 Å². The van der Waals surface area contributed by atoms with Crippen LogP contribution in [0.1, 0.15) is 40.2 Å². The monoisotopic (exact) mass is 531 g/mol. The first-order chi connectivity index (χ1) is 18.6. The molecule has 0 saturated carbocycles. The lowest BCUT2D eigenvalue weighted by Crippen LogP contribution is -2.41. The molecule has 9 heteroatoms. The van der Waals surface area contributed by atoms with Gasteiger partial charge in [-0.1, -0.05) is 19.9 Å². The summed E-state index contributed by atoms with van der Waals surface area (Å²) in [6.07, 6.45) is 3.00. The highest BCUT2D eigenvalue weighted by Gasteiger charge is 2.15.